The normalized spacial score (nSPS) is 10.4. The van der Waals surface area contributed by atoms with Crippen LogP contribution in [-0.4, -0.2) is 0 Å². The second-order valence-corrected chi connectivity index (χ2v) is 5.18. The highest BCUT2D eigenvalue weighted by atomic mass is 79.9. The van der Waals surface area contributed by atoms with E-state index in [9.17, 15) is 4.39 Å². The summed E-state index contributed by atoms with van der Waals surface area (Å²) in [6.07, 6.45) is 0. The fraction of sp³-hybridized carbons (Fsp3) is 0.0769. The molecular weight excluding hydrogens is 335 g/mol. The van der Waals surface area contributed by atoms with E-state index in [0.29, 0.717) is 5.56 Å². The van der Waals surface area contributed by atoms with Crippen LogP contribution in [0.5, 0.6) is 0 Å². The highest BCUT2D eigenvalue weighted by Crippen LogP contribution is 2.30. The van der Waals surface area contributed by atoms with Gasteiger partial charge in [-0.25, -0.2) is 4.39 Å². The molecule has 0 aliphatic carbocycles. The van der Waals surface area contributed by atoms with Crippen molar-refractivity contribution in [2.75, 3.05) is 0 Å². The molecule has 0 aliphatic rings. The third kappa shape index (κ3) is 2.36. The molecule has 2 aromatic rings. The molecule has 0 bridgehead atoms. The second kappa shape index (κ2) is 5.11. The summed E-state index contributed by atoms with van der Waals surface area (Å²) in [7, 11) is 0. The molecule has 0 saturated heterocycles. The van der Waals surface area contributed by atoms with Crippen LogP contribution >= 0.6 is 31.9 Å². The van der Waals surface area contributed by atoms with E-state index in [0.717, 1.165) is 20.1 Å². The van der Waals surface area contributed by atoms with Crippen molar-refractivity contribution in [2.45, 2.75) is 6.67 Å². The van der Waals surface area contributed by atoms with Gasteiger partial charge in [-0.3, -0.25) is 0 Å². The topological polar surface area (TPSA) is 0 Å². The molecule has 0 fully saturated rings. The molecule has 16 heavy (non-hydrogen) atoms. The van der Waals surface area contributed by atoms with Gasteiger partial charge < -0.3 is 0 Å². The molecular formula is C13H9Br2F. The summed E-state index contributed by atoms with van der Waals surface area (Å²) in [6.45, 7) is -0.465. The van der Waals surface area contributed by atoms with Crippen molar-refractivity contribution in [2.24, 2.45) is 0 Å². The van der Waals surface area contributed by atoms with Gasteiger partial charge in [0.1, 0.15) is 6.67 Å². The van der Waals surface area contributed by atoms with Crippen molar-refractivity contribution in [3.63, 3.8) is 0 Å². The van der Waals surface area contributed by atoms with E-state index in [1.807, 2.05) is 42.5 Å². The van der Waals surface area contributed by atoms with Gasteiger partial charge in [-0.15, -0.1) is 0 Å². The van der Waals surface area contributed by atoms with E-state index in [-0.39, 0.29) is 0 Å². The minimum atomic E-state index is -0.465. The summed E-state index contributed by atoms with van der Waals surface area (Å²) in [4.78, 5) is 0. The molecule has 2 aromatic carbocycles. The first-order chi connectivity index (χ1) is 7.72. The second-order valence-electron chi connectivity index (χ2n) is 3.41. The van der Waals surface area contributed by atoms with E-state index < -0.39 is 6.67 Å². The van der Waals surface area contributed by atoms with Crippen molar-refractivity contribution in [1.82, 2.24) is 0 Å². The van der Waals surface area contributed by atoms with Gasteiger partial charge in [-0.2, -0.15) is 0 Å². The van der Waals surface area contributed by atoms with Crippen LogP contribution in [0.15, 0.2) is 51.4 Å². The predicted molar refractivity (Wildman–Crippen MR) is 72.1 cm³/mol. The van der Waals surface area contributed by atoms with Crippen molar-refractivity contribution in [1.29, 1.82) is 0 Å². The number of rotatable bonds is 2. The maximum atomic E-state index is 13.0. The largest absolute Gasteiger partial charge is 0.246 e. The van der Waals surface area contributed by atoms with E-state index >= 15 is 0 Å². The fourth-order valence-corrected chi connectivity index (χ4v) is 2.33. The first-order valence-corrected chi connectivity index (χ1v) is 6.40. The summed E-state index contributed by atoms with van der Waals surface area (Å²) >= 11 is 6.75. The smallest absolute Gasteiger partial charge is 0.116 e. The maximum Gasteiger partial charge on any atom is 0.116 e. The van der Waals surface area contributed by atoms with E-state index in [1.165, 1.54) is 0 Å². The SMILES string of the molecule is FCc1c(Br)cccc1-c1ccc(Br)cc1. The van der Waals surface area contributed by atoms with Gasteiger partial charge in [0.25, 0.3) is 0 Å². The van der Waals surface area contributed by atoms with Crippen LogP contribution < -0.4 is 0 Å². The number of hydrogen-bond acceptors (Lipinski definition) is 0. The molecule has 0 aliphatic heterocycles. The van der Waals surface area contributed by atoms with Gasteiger partial charge in [0, 0.05) is 14.5 Å². The van der Waals surface area contributed by atoms with Crippen LogP contribution in [0, 0.1) is 0 Å². The summed E-state index contributed by atoms with van der Waals surface area (Å²) in [5.41, 5.74) is 2.66. The molecule has 0 saturated carbocycles. The van der Waals surface area contributed by atoms with Gasteiger partial charge in [-0.1, -0.05) is 56.1 Å². The first kappa shape index (κ1) is 11.8. The standard InChI is InChI=1S/C13H9Br2F/c14-10-6-4-9(5-7-10)11-2-1-3-13(15)12(11)8-16/h1-7H,8H2. The van der Waals surface area contributed by atoms with Gasteiger partial charge in [0.05, 0.1) is 0 Å². The lowest BCUT2D eigenvalue weighted by atomic mass is 10.0. The Kier molecular flexibility index (Phi) is 3.77. The van der Waals surface area contributed by atoms with Crippen molar-refractivity contribution in [3.8, 4) is 11.1 Å². The fourth-order valence-electron chi connectivity index (χ4n) is 1.59. The molecule has 0 heterocycles. The van der Waals surface area contributed by atoms with Crippen LogP contribution in [0.25, 0.3) is 11.1 Å². The lowest BCUT2D eigenvalue weighted by molar-refractivity contribution is 0.485. The average Bonchev–Trinajstić information content (AvgIpc) is 2.30. The van der Waals surface area contributed by atoms with Crippen molar-refractivity contribution in [3.05, 3.63) is 57.0 Å². The van der Waals surface area contributed by atoms with Crippen molar-refractivity contribution < 1.29 is 4.39 Å². The molecule has 2 rings (SSSR count). The Morgan fingerprint density at radius 3 is 2.25 bits per heavy atom. The minimum Gasteiger partial charge on any atom is -0.246 e. The number of halogens is 3. The minimum absolute atomic E-state index is 0.465. The zero-order chi connectivity index (χ0) is 11.5. The number of alkyl halides is 1. The number of benzene rings is 2. The molecule has 3 heteroatoms. The highest BCUT2D eigenvalue weighted by Gasteiger charge is 2.07. The van der Waals surface area contributed by atoms with E-state index in [1.54, 1.807) is 0 Å². The van der Waals surface area contributed by atoms with Crippen LogP contribution in [0.4, 0.5) is 4.39 Å². The molecule has 0 amide bonds. The molecule has 0 unspecified atom stereocenters. The zero-order valence-corrected chi connectivity index (χ0v) is 11.6. The molecule has 0 N–H and O–H groups in total. The Hall–Kier alpha value is -0.670. The van der Waals surface area contributed by atoms with Crippen LogP contribution in [0.2, 0.25) is 0 Å². The van der Waals surface area contributed by atoms with Crippen LogP contribution in [-0.2, 0) is 6.67 Å². The summed E-state index contributed by atoms with van der Waals surface area (Å²) in [5.74, 6) is 0. The zero-order valence-electron chi connectivity index (χ0n) is 8.38. The Morgan fingerprint density at radius 1 is 0.938 bits per heavy atom. The van der Waals surface area contributed by atoms with Gasteiger partial charge >= 0.3 is 0 Å². The molecule has 0 radical (unpaired) electrons. The Morgan fingerprint density at radius 2 is 1.62 bits per heavy atom. The number of hydrogen-bond donors (Lipinski definition) is 0. The first-order valence-electron chi connectivity index (χ1n) is 4.81. The quantitative estimate of drug-likeness (QED) is 0.689. The Labute approximate surface area is 111 Å². The summed E-state index contributed by atoms with van der Waals surface area (Å²) < 4.78 is 14.8. The predicted octanol–water partition coefficient (Wildman–Crippen LogP) is 5.35. The monoisotopic (exact) mass is 342 g/mol. The Balaban J connectivity index is 2.55. The van der Waals surface area contributed by atoms with E-state index in [2.05, 4.69) is 31.9 Å². The lowest BCUT2D eigenvalue weighted by Gasteiger charge is -2.08. The highest BCUT2D eigenvalue weighted by molar-refractivity contribution is 9.10. The Bertz CT molecular complexity index is 492. The van der Waals surface area contributed by atoms with Gasteiger partial charge in [0.15, 0.2) is 0 Å². The third-order valence-corrected chi connectivity index (χ3v) is 3.68. The summed E-state index contributed by atoms with van der Waals surface area (Å²) in [5, 5.41) is 0. The molecule has 0 atom stereocenters. The molecule has 82 valence electrons. The average molecular weight is 344 g/mol. The van der Waals surface area contributed by atoms with Crippen LogP contribution in [0.3, 0.4) is 0 Å². The molecule has 0 nitrogen and oxygen atoms in total. The maximum absolute atomic E-state index is 13.0. The van der Waals surface area contributed by atoms with Gasteiger partial charge in [0.2, 0.25) is 0 Å². The molecule has 0 spiro atoms. The lowest BCUT2D eigenvalue weighted by Crippen LogP contribution is -1.88. The third-order valence-electron chi connectivity index (χ3n) is 2.41. The van der Waals surface area contributed by atoms with Gasteiger partial charge in [-0.05, 0) is 29.3 Å². The summed E-state index contributed by atoms with van der Waals surface area (Å²) in [6, 6.07) is 13.6. The molecule has 0 aromatic heterocycles. The van der Waals surface area contributed by atoms with Crippen LogP contribution in [0.1, 0.15) is 5.56 Å². The van der Waals surface area contributed by atoms with E-state index in [4.69, 9.17) is 0 Å². The van der Waals surface area contributed by atoms with Crippen molar-refractivity contribution >= 4 is 31.9 Å².